The highest BCUT2D eigenvalue weighted by atomic mass is 16.5. The van der Waals surface area contributed by atoms with Crippen molar-refractivity contribution >= 4 is 17.9 Å². The number of carbonyl (C=O) groups is 3. The fourth-order valence-electron chi connectivity index (χ4n) is 3.27. The highest BCUT2D eigenvalue weighted by molar-refractivity contribution is 5.94. The lowest BCUT2D eigenvalue weighted by atomic mass is 10.0. The highest BCUT2D eigenvalue weighted by Crippen LogP contribution is 2.21. The number of carboxylic acids is 1. The number of hydrogen-bond donors (Lipinski definition) is 2. The molecule has 1 aromatic rings. The zero-order valence-electron chi connectivity index (χ0n) is 13.8. The van der Waals surface area contributed by atoms with E-state index in [0.717, 1.165) is 12.8 Å². The summed E-state index contributed by atoms with van der Waals surface area (Å²) in [7, 11) is 0. The molecule has 2 aliphatic heterocycles. The first-order chi connectivity index (χ1) is 12.0. The van der Waals surface area contributed by atoms with E-state index in [1.807, 2.05) is 0 Å². The molecule has 0 aliphatic carbocycles. The third-order valence-electron chi connectivity index (χ3n) is 4.46. The number of benzene rings is 1. The lowest BCUT2D eigenvalue weighted by Gasteiger charge is -2.37. The summed E-state index contributed by atoms with van der Waals surface area (Å²) in [5, 5.41) is 11.5. The minimum Gasteiger partial charge on any atom is -0.482 e. The van der Waals surface area contributed by atoms with Crippen molar-refractivity contribution in [1.29, 1.82) is 0 Å². The Balaban J connectivity index is 1.66. The molecule has 2 N–H and O–H groups in total. The van der Waals surface area contributed by atoms with Crippen molar-refractivity contribution in [3.8, 4) is 5.75 Å². The molecule has 8 heteroatoms. The molecule has 3 rings (SSSR count). The number of carbonyl (C=O) groups excluding carboxylic acids is 2. The summed E-state index contributed by atoms with van der Waals surface area (Å²) in [6.07, 6.45) is 1.73. The van der Waals surface area contributed by atoms with E-state index in [1.165, 1.54) is 0 Å². The monoisotopic (exact) mass is 347 g/mol. The molecule has 25 heavy (non-hydrogen) atoms. The van der Waals surface area contributed by atoms with Crippen LogP contribution >= 0.6 is 0 Å². The van der Waals surface area contributed by atoms with Gasteiger partial charge in [-0.05, 0) is 31.0 Å². The van der Waals surface area contributed by atoms with Gasteiger partial charge >= 0.3 is 12.0 Å². The molecule has 0 radical (unpaired) electrons. The summed E-state index contributed by atoms with van der Waals surface area (Å²) in [5.41, 5.74) is 0.453. The van der Waals surface area contributed by atoms with Crippen molar-refractivity contribution in [3.63, 3.8) is 0 Å². The molecular weight excluding hydrogens is 326 g/mol. The molecule has 0 spiro atoms. The van der Waals surface area contributed by atoms with Crippen LogP contribution in [0.3, 0.4) is 0 Å². The zero-order valence-corrected chi connectivity index (χ0v) is 13.8. The molecule has 0 aromatic heterocycles. The Kier molecular flexibility index (Phi) is 5.06. The SMILES string of the molecule is O=C(O)COc1cccc(C(=O)N2CCCC(N3CCNC3=O)C2)c1. The minimum absolute atomic E-state index is 0.0339. The Bertz CT molecular complexity index is 678. The van der Waals surface area contributed by atoms with Crippen molar-refractivity contribution in [2.45, 2.75) is 18.9 Å². The standard InChI is InChI=1S/C17H21N3O5/c21-15(22)11-25-14-5-1-3-12(9-14)16(23)19-7-2-4-13(10-19)20-8-6-18-17(20)24/h1,3,5,9,13H,2,4,6-8,10-11H2,(H,18,24)(H,21,22). The summed E-state index contributed by atoms with van der Waals surface area (Å²) in [6, 6.07) is 6.49. The maximum Gasteiger partial charge on any atom is 0.341 e. The first-order valence-electron chi connectivity index (χ1n) is 8.33. The zero-order chi connectivity index (χ0) is 17.8. The van der Waals surface area contributed by atoms with Gasteiger partial charge < -0.3 is 25.0 Å². The number of nitrogens with one attached hydrogen (secondary N) is 1. The third kappa shape index (κ3) is 4.01. The highest BCUT2D eigenvalue weighted by Gasteiger charge is 2.33. The van der Waals surface area contributed by atoms with E-state index >= 15 is 0 Å². The maximum atomic E-state index is 12.8. The van der Waals surface area contributed by atoms with Gasteiger partial charge in [0.15, 0.2) is 6.61 Å². The predicted molar refractivity (Wildman–Crippen MR) is 88.6 cm³/mol. The van der Waals surface area contributed by atoms with Crippen LogP contribution in [0.5, 0.6) is 5.75 Å². The summed E-state index contributed by atoms with van der Waals surface area (Å²) in [6.45, 7) is 2.02. The summed E-state index contributed by atoms with van der Waals surface area (Å²) in [4.78, 5) is 38.7. The van der Waals surface area contributed by atoms with Crippen molar-refractivity contribution in [2.24, 2.45) is 0 Å². The minimum atomic E-state index is -1.07. The molecule has 134 valence electrons. The van der Waals surface area contributed by atoms with Gasteiger partial charge in [-0.3, -0.25) is 4.79 Å². The van der Waals surface area contributed by atoms with Crippen LogP contribution in [0.2, 0.25) is 0 Å². The Hall–Kier alpha value is -2.77. The fraction of sp³-hybridized carbons (Fsp3) is 0.471. The second kappa shape index (κ2) is 7.42. The topological polar surface area (TPSA) is 99.2 Å². The Morgan fingerprint density at radius 3 is 2.88 bits per heavy atom. The first-order valence-corrected chi connectivity index (χ1v) is 8.33. The second-order valence-electron chi connectivity index (χ2n) is 6.18. The number of amides is 3. The summed E-state index contributed by atoms with van der Waals surface area (Å²) < 4.78 is 5.13. The lowest BCUT2D eigenvalue weighted by Crippen LogP contribution is -2.50. The largest absolute Gasteiger partial charge is 0.482 e. The predicted octanol–water partition coefficient (Wildman–Crippen LogP) is 0.780. The van der Waals surface area contributed by atoms with Crippen molar-refractivity contribution in [2.75, 3.05) is 32.8 Å². The first kappa shape index (κ1) is 17.1. The summed E-state index contributed by atoms with van der Waals surface area (Å²) >= 11 is 0. The number of nitrogens with zero attached hydrogens (tertiary/aromatic N) is 2. The molecule has 0 bridgehead atoms. The van der Waals surface area contributed by atoms with Crippen LogP contribution in [0.4, 0.5) is 4.79 Å². The quantitative estimate of drug-likeness (QED) is 0.820. The molecule has 3 amide bonds. The lowest BCUT2D eigenvalue weighted by molar-refractivity contribution is -0.139. The summed E-state index contributed by atoms with van der Waals surface area (Å²) in [5.74, 6) is -0.856. The van der Waals surface area contributed by atoms with Gasteiger partial charge in [-0.1, -0.05) is 6.07 Å². The van der Waals surface area contributed by atoms with Gasteiger partial charge in [0.05, 0.1) is 6.04 Å². The fourth-order valence-corrected chi connectivity index (χ4v) is 3.27. The third-order valence-corrected chi connectivity index (χ3v) is 4.46. The number of piperidine rings is 1. The average Bonchev–Trinajstić information content (AvgIpc) is 3.05. The molecule has 2 saturated heterocycles. The molecular formula is C17H21N3O5. The van der Waals surface area contributed by atoms with E-state index in [2.05, 4.69) is 5.32 Å². The molecule has 2 heterocycles. The van der Waals surface area contributed by atoms with Gasteiger partial charge in [-0.15, -0.1) is 0 Å². The van der Waals surface area contributed by atoms with Crippen molar-refractivity contribution in [1.82, 2.24) is 15.1 Å². The molecule has 2 fully saturated rings. The van der Waals surface area contributed by atoms with E-state index < -0.39 is 12.6 Å². The van der Waals surface area contributed by atoms with Crippen LogP contribution in [0.15, 0.2) is 24.3 Å². The van der Waals surface area contributed by atoms with Crippen molar-refractivity contribution < 1.29 is 24.2 Å². The van der Waals surface area contributed by atoms with Crippen molar-refractivity contribution in [3.05, 3.63) is 29.8 Å². The Morgan fingerprint density at radius 1 is 1.32 bits per heavy atom. The number of carboxylic acid groups (broad SMARTS) is 1. The van der Waals surface area contributed by atoms with Gasteiger partial charge in [0, 0.05) is 31.7 Å². The van der Waals surface area contributed by atoms with Crippen LogP contribution in [0.1, 0.15) is 23.2 Å². The number of hydrogen-bond acceptors (Lipinski definition) is 4. The van der Waals surface area contributed by atoms with Crippen LogP contribution in [0.25, 0.3) is 0 Å². The van der Waals surface area contributed by atoms with Gasteiger partial charge in [0.25, 0.3) is 5.91 Å². The number of aliphatic carboxylic acids is 1. The van der Waals surface area contributed by atoms with Gasteiger partial charge in [-0.25, -0.2) is 9.59 Å². The van der Waals surface area contributed by atoms with E-state index in [0.29, 0.717) is 37.5 Å². The van der Waals surface area contributed by atoms with Gasteiger partial charge in [-0.2, -0.15) is 0 Å². The van der Waals surface area contributed by atoms with Crippen LogP contribution < -0.4 is 10.1 Å². The molecule has 0 saturated carbocycles. The maximum absolute atomic E-state index is 12.8. The molecule has 8 nitrogen and oxygen atoms in total. The average molecular weight is 347 g/mol. The number of urea groups is 1. The van der Waals surface area contributed by atoms with E-state index in [-0.39, 0.29) is 18.0 Å². The van der Waals surface area contributed by atoms with Crippen LogP contribution in [0, 0.1) is 0 Å². The molecule has 1 atom stereocenters. The smallest absolute Gasteiger partial charge is 0.341 e. The second-order valence-corrected chi connectivity index (χ2v) is 6.18. The molecule has 1 aromatic carbocycles. The number of rotatable bonds is 5. The van der Waals surface area contributed by atoms with Crippen LogP contribution in [-0.2, 0) is 4.79 Å². The Morgan fingerprint density at radius 2 is 2.16 bits per heavy atom. The van der Waals surface area contributed by atoms with Gasteiger partial charge in [0.2, 0.25) is 0 Å². The van der Waals surface area contributed by atoms with Crippen LogP contribution in [-0.4, -0.2) is 71.6 Å². The van der Waals surface area contributed by atoms with E-state index in [4.69, 9.17) is 9.84 Å². The molecule has 2 aliphatic rings. The molecule has 1 unspecified atom stereocenters. The van der Waals surface area contributed by atoms with E-state index in [1.54, 1.807) is 34.1 Å². The Labute approximate surface area is 145 Å². The number of likely N-dealkylation sites (tertiary alicyclic amines) is 1. The van der Waals surface area contributed by atoms with E-state index in [9.17, 15) is 14.4 Å². The van der Waals surface area contributed by atoms with Gasteiger partial charge in [0.1, 0.15) is 5.75 Å². The number of ether oxygens (including phenoxy) is 1. The normalized spacial score (nSPS) is 20.3.